The first-order valence-corrected chi connectivity index (χ1v) is 4.43. The van der Waals surface area contributed by atoms with Crippen LogP contribution in [0, 0.1) is 6.07 Å². The molecule has 0 aliphatic carbocycles. The highest BCUT2D eigenvalue weighted by Crippen LogP contribution is 2.06. The van der Waals surface area contributed by atoms with E-state index in [-0.39, 0.29) is 0 Å². The Balaban J connectivity index is 2.58. The molecule has 0 aliphatic rings. The highest BCUT2D eigenvalue weighted by Gasteiger charge is 1.91. The minimum absolute atomic E-state index is 1.06. The zero-order chi connectivity index (χ0) is 8.81. The first-order chi connectivity index (χ1) is 5.83. The van der Waals surface area contributed by atoms with Gasteiger partial charge in [-0.2, -0.15) is 0 Å². The molecule has 0 nitrogen and oxygen atoms in total. The average molecular weight is 159 g/mol. The maximum absolute atomic E-state index is 3.08. The van der Waals surface area contributed by atoms with E-state index < -0.39 is 0 Å². The van der Waals surface area contributed by atoms with Crippen LogP contribution in [0.1, 0.15) is 25.8 Å². The average Bonchev–Trinajstić information content (AvgIpc) is 2.06. The summed E-state index contributed by atoms with van der Waals surface area (Å²) in [7, 11) is 0. The van der Waals surface area contributed by atoms with E-state index in [9.17, 15) is 0 Å². The minimum atomic E-state index is 1.06. The molecule has 63 valence electrons. The molecule has 0 heterocycles. The van der Waals surface area contributed by atoms with Crippen LogP contribution >= 0.6 is 0 Å². The zero-order valence-electron chi connectivity index (χ0n) is 7.80. The van der Waals surface area contributed by atoms with E-state index in [0.29, 0.717) is 0 Å². The van der Waals surface area contributed by atoms with Crippen molar-refractivity contribution < 1.29 is 0 Å². The van der Waals surface area contributed by atoms with Crippen LogP contribution in [-0.2, 0) is 6.42 Å². The van der Waals surface area contributed by atoms with Crippen LogP contribution < -0.4 is 0 Å². The topological polar surface area (TPSA) is 0 Å². The van der Waals surface area contributed by atoms with E-state index in [4.69, 9.17) is 0 Å². The number of hydrogen-bond donors (Lipinski definition) is 0. The van der Waals surface area contributed by atoms with E-state index in [1.807, 2.05) is 18.2 Å². The van der Waals surface area contributed by atoms with Gasteiger partial charge in [0.05, 0.1) is 0 Å². The van der Waals surface area contributed by atoms with E-state index in [2.05, 4.69) is 32.1 Å². The van der Waals surface area contributed by atoms with Crippen LogP contribution in [0.15, 0.2) is 35.9 Å². The minimum Gasteiger partial charge on any atom is -0.0855 e. The van der Waals surface area contributed by atoms with Gasteiger partial charge in [0.2, 0.25) is 0 Å². The van der Waals surface area contributed by atoms with E-state index >= 15 is 0 Å². The quantitative estimate of drug-likeness (QED) is 0.593. The molecule has 0 bridgehead atoms. The van der Waals surface area contributed by atoms with Gasteiger partial charge in [-0.3, -0.25) is 0 Å². The molecule has 1 radical (unpaired) electrons. The Morgan fingerprint density at radius 2 is 2.42 bits per heavy atom. The fourth-order valence-electron chi connectivity index (χ4n) is 1.28. The summed E-state index contributed by atoms with van der Waals surface area (Å²) in [5, 5.41) is 0. The molecule has 0 atom stereocenters. The van der Waals surface area contributed by atoms with Crippen molar-refractivity contribution in [3.8, 4) is 0 Å². The molecule has 0 unspecified atom stereocenters. The monoisotopic (exact) mass is 159 g/mol. The molecule has 0 heteroatoms. The highest BCUT2D eigenvalue weighted by atomic mass is 14.0. The molecule has 0 saturated carbocycles. The van der Waals surface area contributed by atoms with E-state index in [1.165, 1.54) is 11.1 Å². The van der Waals surface area contributed by atoms with Crippen LogP contribution in [0.2, 0.25) is 0 Å². The first-order valence-electron chi connectivity index (χ1n) is 4.43. The molecule has 0 aliphatic heterocycles. The molecule has 1 rings (SSSR count). The van der Waals surface area contributed by atoms with Crippen molar-refractivity contribution in [2.75, 3.05) is 0 Å². The van der Waals surface area contributed by atoms with E-state index in [1.54, 1.807) is 0 Å². The third-order valence-corrected chi connectivity index (χ3v) is 1.81. The number of rotatable bonds is 3. The second-order valence-electron chi connectivity index (χ2n) is 3.05. The maximum Gasteiger partial charge on any atom is -0.00697 e. The Hall–Kier alpha value is -1.04. The summed E-state index contributed by atoms with van der Waals surface area (Å²) in [6, 6.07) is 11.2. The van der Waals surface area contributed by atoms with E-state index in [0.717, 1.165) is 12.8 Å². The third kappa shape index (κ3) is 2.91. The molecular formula is C12H15. The fraction of sp³-hybridized carbons (Fsp3) is 0.333. The molecule has 0 saturated heterocycles. The van der Waals surface area contributed by atoms with Gasteiger partial charge in [-0.05, 0) is 31.4 Å². The van der Waals surface area contributed by atoms with Crippen molar-refractivity contribution in [2.24, 2.45) is 0 Å². The Kier molecular flexibility index (Phi) is 3.59. The molecule has 12 heavy (non-hydrogen) atoms. The highest BCUT2D eigenvalue weighted by molar-refractivity contribution is 5.20. The van der Waals surface area contributed by atoms with Gasteiger partial charge in [0.25, 0.3) is 0 Å². The summed E-state index contributed by atoms with van der Waals surface area (Å²) in [5.41, 5.74) is 2.79. The molecule has 0 fully saturated rings. The molecule has 1 aromatic rings. The first kappa shape index (κ1) is 9.05. The van der Waals surface area contributed by atoms with Gasteiger partial charge in [0.1, 0.15) is 0 Å². The second-order valence-corrected chi connectivity index (χ2v) is 3.05. The lowest BCUT2D eigenvalue weighted by Gasteiger charge is -1.99. The summed E-state index contributed by atoms with van der Waals surface area (Å²) in [6.07, 6.45) is 4.46. The number of benzene rings is 1. The molecule has 1 aromatic carbocycles. The van der Waals surface area contributed by atoms with Gasteiger partial charge in [-0.1, -0.05) is 42.8 Å². The van der Waals surface area contributed by atoms with Crippen molar-refractivity contribution in [3.05, 3.63) is 47.5 Å². The van der Waals surface area contributed by atoms with Crippen molar-refractivity contribution in [1.82, 2.24) is 0 Å². The Morgan fingerprint density at radius 1 is 1.58 bits per heavy atom. The molecule has 0 aromatic heterocycles. The van der Waals surface area contributed by atoms with Crippen molar-refractivity contribution in [2.45, 2.75) is 26.7 Å². The predicted molar refractivity (Wildman–Crippen MR) is 53.0 cm³/mol. The lowest BCUT2D eigenvalue weighted by Crippen LogP contribution is -1.85. The van der Waals surface area contributed by atoms with Gasteiger partial charge in [0.15, 0.2) is 0 Å². The second kappa shape index (κ2) is 4.76. The van der Waals surface area contributed by atoms with Crippen molar-refractivity contribution in [1.29, 1.82) is 0 Å². The lowest BCUT2D eigenvalue weighted by atomic mass is 10.1. The lowest BCUT2D eigenvalue weighted by molar-refractivity contribution is 1.09. The van der Waals surface area contributed by atoms with Crippen molar-refractivity contribution >= 4 is 0 Å². The third-order valence-electron chi connectivity index (χ3n) is 1.81. The van der Waals surface area contributed by atoms with Gasteiger partial charge in [-0.15, -0.1) is 0 Å². The number of allylic oxidation sites excluding steroid dienone is 2. The standard InChI is InChI=1S/C12H15/c1-3-7-11(2)10-12-8-5-4-6-9-12/h4-5,7-9H,3,10H2,1-2H3. The van der Waals surface area contributed by atoms with Crippen molar-refractivity contribution in [3.63, 3.8) is 0 Å². The Morgan fingerprint density at radius 3 is 3.00 bits per heavy atom. The maximum atomic E-state index is 3.08. The Labute approximate surface area is 74.9 Å². The van der Waals surface area contributed by atoms with Crippen LogP contribution in [0.5, 0.6) is 0 Å². The summed E-state index contributed by atoms with van der Waals surface area (Å²) < 4.78 is 0. The molecule has 0 spiro atoms. The summed E-state index contributed by atoms with van der Waals surface area (Å²) in [5.74, 6) is 0. The predicted octanol–water partition coefficient (Wildman–Crippen LogP) is 3.39. The van der Waals surface area contributed by atoms with Gasteiger partial charge >= 0.3 is 0 Å². The van der Waals surface area contributed by atoms with Crippen LogP contribution in [-0.4, -0.2) is 0 Å². The normalized spacial score (nSPS) is 11.7. The van der Waals surface area contributed by atoms with Gasteiger partial charge in [-0.25, -0.2) is 0 Å². The van der Waals surface area contributed by atoms with Gasteiger partial charge < -0.3 is 0 Å². The summed E-state index contributed by atoms with van der Waals surface area (Å²) in [6.45, 7) is 4.34. The van der Waals surface area contributed by atoms with Crippen LogP contribution in [0.3, 0.4) is 0 Å². The zero-order valence-corrected chi connectivity index (χ0v) is 7.80. The van der Waals surface area contributed by atoms with Crippen LogP contribution in [0.4, 0.5) is 0 Å². The van der Waals surface area contributed by atoms with Crippen LogP contribution in [0.25, 0.3) is 0 Å². The van der Waals surface area contributed by atoms with Gasteiger partial charge in [0, 0.05) is 0 Å². The smallest absolute Gasteiger partial charge is 0.00697 e. The molecule has 0 amide bonds. The largest absolute Gasteiger partial charge is 0.0855 e. The summed E-state index contributed by atoms with van der Waals surface area (Å²) in [4.78, 5) is 0. The summed E-state index contributed by atoms with van der Waals surface area (Å²) >= 11 is 0. The molecule has 0 N–H and O–H groups in total. The Bertz CT molecular complexity index is 244. The number of hydrogen-bond acceptors (Lipinski definition) is 0. The molecular weight excluding hydrogens is 144 g/mol. The fourth-order valence-corrected chi connectivity index (χ4v) is 1.28. The SMILES string of the molecule is CCC=C(C)Cc1c[c]ccc1.